The van der Waals surface area contributed by atoms with Gasteiger partial charge in [-0.1, -0.05) is 182 Å². The Bertz CT molecular complexity index is 4680. The van der Waals surface area contributed by atoms with Crippen molar-refractivity contribution in [1.82, 2.24) is 0 Å². The van der Waals surface area contributed by atoms with Crippen molar-refractivity contribution in [3.63, 3.8) is 0 Å². The van der Waals surface area contributed by atoms with Gasteiger partial charge in [-0.15, -0.1) is 0 Å². The van der Waals surface area contributed by atoms with Crippen LogP contribution in [0.3, 0.4) is 0 Å². The largest absolute Gasteiger partial charge is 0.534 e. The van der Waals surface area contributed by atoms with Gasteiger partial charge >= 0.3 is 34.9 Å². The van der Waals surface area contributed by atoms with Crippen LogP contribution < -0.4 is 74.7 Å². The highest BCUT2D eigenvalue weighted by Crippen LogP contribution is 2.51. The van der Waals surface area contributed by atoms with E-state index in [-0.39, 0.29) is 59.7 Å². The number of methoxy groups -OCH3 is 8. The fraction of sp³-hybridized carbons (Fsp3) is 0.372. The summed E-state index contributed by atoms with van der Waals surface area (Å²) in [5.41, 5.74) is -1.81. The number of halogens is 3. The molecular formula is C86H108BF3N2O19SSi2. The van der Waals surface area contributed by atoms with Gasteiger partial charge in [0.05, 0.1) is 80.5 Å². The zero-order chi connectivity index (χ0) is 83.2. The third kappa shape index (κ3) is 21.1. The number of hydrogen-bond donors (Lipinski definition) is 4. The molecule has 10 rings (SSSR count). The number of carbonyl (C=O) groups is 2. The lowest BCUT2D eigenvalue weighted by Gasteiger charge is -2.44. The zero-order valence-corrected chi connectivity index (χ0v) is 70.6. The first-order valence-corrected chi connectivity index (χ1v) is 41.8. The van der Waals surface area contributed by atoms with E-state index in [1.807, 2.05) is 106 Å². The monoisotopic (exact) mass is 1630 g/mol. The Balaban J connectivity index is 0.000000258. The predicted octanol–water partition coefficient (Wildman–Crippen LogP) is 15.6. The summed E-state index contributed by atoms with van der Waals surface area (Å²) in [5.74, 6) is 2.60. The van der Waals surface area contributed by atoms with Crippen LogP contribution in [0.2, 0.25) is 10.1 Å². The SMILES string of the molecule is C.COc1cc2c(c(OC)c1OC)CCC(O[Si](c1ccccc1)(c1ccccc1)C(C)(C)C)C=C2OS(=O)(=O)C(F)(F)F.COc1ccc(B(O)O)cc1NC(=O)OC(C)(C)C.COc1ccc(C2=CC(O[Si](c3ccccc3)(c3ccccc3)C(C)(C)C)CCc3c2cc(OC)c(OC)c3OC)cc1NC(=O)OC(C)(C)C. The number of fused-ring (bicyclic) bond motifs is 2. The lowest BCUT2D eigenvalue weighted by atomic mass is 9.80. The molecule has 0 saturated carbocycles. The van der Waals surface area contributed by atoms with Gasteiger partial charge in [0.2, 0.25) is 11.5 Å². The van der Waals surface area contributed by atoms with E-state index in [1.165, 1.54) is 69.2 Å². The molecule has 0 saturated heterocycles. The van der Waals surface area contributed by atoms with Crippen molar-refractivity contribution in [2.45, 2.75) is 155 Å². The molecule has 2 unspecified atom stereocenters. The summed E-state index contributed by atoms with van der Waals surface area (Å²) >= 11 is 0. The Labute approximate surface area is 671 Å². The molecule has 2 amide bonds. The normalized spacial score (nSPS) is 14.5. The molecule has 28 heteroatoms. The summed E-state index contributed by atoms with van der Waals surface area (Å²) in [7, 11) is -1.74. The van der Waals surface area contributed by atoms with Crippen molar-refractivity contribution in [2.24, 2.45) is 0 Å². The second-order valence-electron chi connectivity index (χ2n) is 30.7. The summed E-state index contributed by atoms with van der Waals surface area (Å²) in [6.45, 7) is 23.8. The van der Waals surface area contributed by atoms with Crippen LogP contribution in [-0.2, 0) is 45.5 Å². The average molecular weight is 1630 g/mol. The molecular weight excluding hydrogens is 1520 g/mol. The first-order chi connectivity index (χ1) is 53.2. The van der Waals surface area contributed by atoms with E-state index in [4.69, 9.17) is 70.5 Å². The number of hydrogen-bond acceptors (Lipinski definition) is 19. The second-order valence-corrected chi connectivity index (χ2v) is 40.7. The summed E-state index contributed by atoms with van der Waals surface area (Å²) < 4.78 is 141. The van der Waals surface area contributed by atoms with E-state index in [1.54, 1.807) is 49.2 Å². The predicted molar refractivity (Wildman–Crippen MR) is 447 cm³/mol. The van der Waals surface area contributed by atoms with E-state index >= 15 is 0 Å². The minimum atomic E-state index is -6.04. The van der Waals surface area contributed by atoms with E-state index < -0.39 is 79.7 Å². The first kappa shape index (κ1) is 91.2. The molecule has 0 fully saturated rings. The van der Waals surface area contributed by atoms with Crippen LogP contribution in [-0.4, -0.2) is 140 Å². The van der Waals surface area contributed by atoms with Gasteiger partial charge in [-0.05, 0) is 169 Å². The van der Waals surface area contributed by atoms with Crippen LogP contribution in [0, 0.1) is 0 Å². The third-order valence-corrected chi connectivity index (χ3v) is 29.8. The van der Waals surface area contributed by atoms with Crippen molar-refractivity contribution in [2.75, 3.05) is 67.5 Å². The molecule has 2 aliphatic carbocycles. The van der Waals surface area contributed by atoms with Crippen molar-refractivity contribution in [3.05, 3.63) is 210 Å². The Morgan fingerprint density at radius 1 is 0.447 bits per heavy atom. The Morgan fingerprint density at radius 2 is 0.798 bits per heavy atom. The fourth-order valence-electron chi connectivity index (χ4n) is 14.0. The molecule has 614 valence electrons. The maximum Gasteiger partial charge on any atom is 0.534 e. The lowest BCUT2D eigenvalue weighted by molar-refractivity contribution is -0.0509. The molecule has 114 heavy (non-hydrogen) atoms. The number of amides is 2. The van der Waals surface area contributed by atoms with E-state index in [0.717, 1.165) is 32.6 Å². The van der Waals surface area contributed by atoms with E-state index in [2.05, 4.69) is 119 Å². The van der Waals surface area contributed by atoms with Crippen LogP contribution in [0.5, 0.6) is 46.0 Å². The maximum atomic E-state index is 13.6. The minimum absolute atomic E-state index is 0. The molecule has 0 spiro atoms. The van der Waals surface area contributed by atoms with Gasteiger partial charge in [-0.25, -0.2) is 9.59 Å². The lowest BCUT2D eigenvalue weighted by Crippen LogP contribution is -2.67. The van der Waals surface area contributed by atoms with Crippen LogP contribution in [0.1, 0.15) is 131 Å². The number of carbonyl (C=O) groups excluding carboxylic acids is 2. The quantitative estimate of drug-likeness (QED) is 0.0279. The van der Waals surface area contributed by atoms with Gasteiger partial charge in [0.1, 0.15) is 28.5 Å². The molecule has 8 aromatic rings. The molecule has 0 aliphatic heterocycles. The summed E-state index contributed by atoms with van der Waals surface area (Å²) in [6.07, 6.45) is 3.04. The molecule has 0 bridgehead atoms. The molecule has 0 aromatic heterocycles. The van der Waals surface area contributed by atoms with Crippen molar-refractivity contribution in [3.8, 4) is 46.0 Å². The number of alkyl halides is 3. The first-order valence-electron chi connectivity index (χ1n) is 36.6. The molecule has 21 nitrogen and oxygen atoms in total. The maximum absolute atomic E-state index is 13.6. The third-order valence-electron chi connectivity index (χ3n) is 18.7. The molecule has 0 heterocycles. The molecule has 4 N–H and O–H groups in total. The number of rotatable bonds is 22. The molecule has 8 aromatic carbocycles. The highest BCUT2D eigenvalue weighted by molar-refractivity contribution is 7.87. The van der Waals surface area contributed by atoms with Gasteiger partial charge < -0.3 is 70.5 Å². The number of ether oxygens (including phenoxy) is 10. The van der Waals surface area contributed by atoms with Crippen LogP contribution in [0.15, 0.2) is 182 Å². The minimum Gasteiger partial charge on any atom is -0.495 e. The van der Waals surface area contributed by atoms with Crippen molar-refractivity contribution >= 4 is 95.0 Å². The number of anilines is 2. The van der Waals surface area contributed by atoms with E-state index in [0.29, 0.717) is 58.5 Å². The molecule has 0 radical (unpaired) electrons. The smallest absolute Gasteiger partial charge is 0.495 e. The zero-order valence-electron chi connectivity index (χ0n) is 67.8. The Morgan fingerprint density at radius 3 is 1.14 bits per heavy atom. The van der Waals surface area contributed by atoms with Gasteiger partial charge in [-0.3, -0.25) is 10.6 Å². The van der Waals surface area contributed by atoms with Gasteiger partial charge in [0, 0.05) is 16.7 Å². The topological polar surface area (TPSA) is 253 Å². The number of benzene rings is 8. The standard InChI is InChI=1S/C42H51NO7Si.C31H35F3O7SSi.C12H18BNO5.CH4/c1-41(2,3)49-40(44)43-35-25-28(21-24-36(35)45-7)33-26-29(22-23-32-34(33)27-37(46-8)39(48-10)38(32)47-9)50-51(42(4,5)6,30-17-13-11-14-18-30)31-19-15-12-16-20-31;1-30(2,3)43(22-13-9-7-10-14-22,23-15-11-8-12-16-23)41-21-17-18-24-25(20-27(37-4)29(39-6)28(24)38-5)26(19-21)40-42(35,36)31(32,33)34;1-12(2,3)19-11(15)14-9-7-8(13(16)17)5-6-10(9)18-4;/h11-21,24-27,29H,22-23H2,1-10H3,(H,43,44);7-16,19-21H,17-18H2,1-6H3;5-7,16-17H,1-4H3,(H,14,15);1H4. The molecule has 2 aliphatic rings. The Hall–Kier alpha value is -9.94. The highest BCUT2D eigenvalue weighted by Gasteiger charge is 2.54. The van der Waals surface area contributed by atoms with Crippen LogP contribution in [0.4, 0.5) is 34.1 Å². The Kier molecular flexibility index (Phi) is 30.4. The van der Waals surface area contributed by atoms with Gasteiger partial charge in [-0.2, -0.15) is 21.6 Å². The summed E-state index contributed by atoms with van der Waals surface area (Å²) in [4.78, 5) is 24.6. The second kappa shape index (κ2) is 38.0. The molecule has 2 atom stereocenters. The average Bonchev–Trinajstić information content (AvgIpc) is 1.14. The van der Waals surface area contributed by atoms with E-state index in [9.17, 15) is 31.2 Å². The van der Waals surface area contributed by atoms with Crippen LogP contribution in [0.25, 0.3) is 11.3 Å². The van der Waals surface area contributed by atoms with Gasteiger partial charge in [0.25, 0.3) is 16.6 Å². The van der Waals surface area contributed by atoms with Crippen molar-refractivity contribution < 1.29 is 102 Å². The van der Waals surface area contributed by atoms with Crippen LogP contribution >= 0.6 is 0 Å². The van der Waals surface area contributed by atoms with Crippen molar-refractivity contribution in [1.29, 1.82) is 0 Å². The summed E-state index contributed by atoms with van der Waals surface area (Å²) in [5, 5.41) is 27.3. The summed E-state index contributed by atoms with van der Waals surface area (Å²) in [6, 6.07) is 54.3. The fourth-order valence-corrected chi connectivity index (χ4v) is 23.7. The highest BCUT2D eigenvalue weighted by atomic mass is 32.2. The number of nitrogens with one attached hydrogen (secondary N) is 2. The van der Waals surface area contributed by atoms with Gasteiger partial charge in [0.15, 0.2) is 23.0 Å².